The number of anilines is 2. The van der Waals surface area contributed by atoms with Crippen LogP contribution >= 0.6 is 0 Å². The maximum absolute atomic E-state index is 13.3. The molecule has 0 bridgehead atoms. The lowest BCUT2D eigenvalue weighted by atomic mass is 9.88. The van der Waals surface area contributed by atoms with Crippen LogP contribution in [0.5, 0.6) is 0 Å². The Hall–Kier alpha value is -2.92. The third-order valence-electron chi connectivity index (χ3n) is 6.32. The summed E-state index contributed by atoms with van der Waals surface area (Å²) in [4.78, 5) is 11.3. The molecule has 5 rings (SSSR count). The van der Waals surface area contributed by atoms with Crippen LogP contribution in [0.25, 0.3) is 16.7 Å². The number of hydrogen-bond acceptors (Lipinski definition) is 7. The zero-order valence-electron chi connectivity index (χ0n) is 18.9. The molecule has 0 radical (unpaired) electrons. The van der Waals surface area contributed by atoms with Crippen LogP contribution in [-0.2, 0) is 6.18 Å². The molecule has 1 saturated heterocycles. The standard InChI is InChI=1S/C23H27F3N6O2/c1-22(2,34)9-13-11-31(12-13)19-18-10-27-32(16-5-3-4-14(6-16)23(24,25)26)20(18)30-21(29-19)28-15-7-17(33)8-15/h3-6,10,13,15,17,33-34H,7-9,11-12H2,1-2H3,(H,28,29,30)/t15-,17+. The second-order valence-electron chi connectivity index (χ2n) is 9.97. The lowest BCUT2D eigenvalue weighted by Crippen LogP contribution is -2.49. The molecular formula is C23H27F3N6O2. The summed E-state index contributed by atoms with van der Waals surface area (Å²) in [6, 6.07) is 5.01. The number of aromatic nitrogens is 4. The first-order chi connectivity index (χ1) is 16.0. The van der Waals surface area contributed by atoms with Crippen molar-refractivity contribution in [1.29, 1.82) is 0 Å². The Labute approximate surface area is 194 Å². The number of rotatable bonds is 6. The molecule has 0 atom stereocenters. The highest BCUT2D eigenvalue weighted by molar-refractivity contribution is 5.89. The van der Waals surface area contributed by atoms with Crippen LogP contribution in [0, 0.1) is 5.92 Å². The number of nitrogens with zero attached hydrogens (tertiary/aromatic N) is 5. The van der Waals surface area contributed by atoms with Crippen molar-refractivity contribution in [2.75, 3.05) is 23.3 Å². The summed E-state index contributed by atoms with van der Waals surface area (Å²) in [5, 5.41) is 27.9. The van der Waals surface area contributed by atoms with Crippen molar-refractivity contribution in [3.63, 3.8) is 0 Å². The van der Waals surface area contributed by atoms with Crippen LogP contribution < -0.4 is 10.2 Å². The van der Waals surface area contributed by atoms with Crippen LogP contribution in [0.2, 0.25) is 0 Å². The molecular weight excluding hydrogens is 449 g/mol. The van der Waals surface area contributed by atoms with Crippen LogP contribution in [-0.4, -0.2) is 60.8 Å². The van der Waals surface area contributed by atoms with Gasteiger partial charge in [-0.3, -0.25) is 0 Å². The van der Waals surface area contributed by atoms with E-state index >= 15 is 0 Å². The van der Waals surface area contributed by atoms with Crippen LogP contribution in [0.15, 0.2) is 30.5 Å². The average molecular weight is 477 g/mol. The maximum Gasteiger partial charge on any atom is 0.416 e. The fourth-order valence-electron chi connectivity index (χ4n) is 4.67. The van der Waals surface area contributed by atoms with Gasteiger partial charge in [0.15, 0.2) is 5.65 Å². The van der Waals surface area contributed by atoms with Gasteiger partial charge in [0, 0.05) is 19.1 Å². The first kappa shape index (κ1) is 22.9. The molecule has 0 unspecified atom stereocenters. The number of hydrogen-bond donors (Lipinski definition) is 3. The quantitative estimate of drug-likeness (QED) is 0.502. The number of fused-ring (bicyclic) bond motifs is 1. The molecule has 2 aliphatic rings. The second kappa shape index (κ2) is 8.09. The van der Waals surface area contributed by atoms with Crippen molar-refractivity contribution in [1.82, 2.24) is 19.7 Å². The van der Waals surface area contributed by atoms with E-state index in [4.69, 9.17) is 4.98 Å². The number of benzene rings is 1. The van der Waals surface area contributed by atoms with Gasteiger partial charge in [-0.15, -0.1) is 0 Å². The Kier molecular flexibility index (Phi) is 5.44. The minimum Gasteiger partial charge on any atom is -0.393 e. The first-order valence-electron chi connectivity index (χ1n) is 11.3. The fraction of sp³-hybridized carbons (Fsp3) is 0.522. The third-order valence-corrected chi connectivity index (χ3v) is 6.32. The second-order valence-corrected chi connectivity index (χ2v) is 9.97. The lowest BCUT2D eigenvalue weighted by Gasteiger charge is -2.42. The van der Waals surface area contributed by atoms with Gasteiger partial charge in [0.25, 0.3) is 0 Å². The van der Waals surface area contributed by atoms with Crippen molar-refractivity contribution in [3.05, 3.63) is 36.0 Å². The van der Waals surface area contributed by atoms with Gasteiger partial charge in [0.2, 0.25) is 5.95 Å². The number of aliphatic hydroxyl groups is 2. The molecule has 2 aromatic heterocycles. The van der Waals surface area contributed by atoms with E-state index in [1.165, 1.54) is 10.7 Å². The number of halogens is 3. The zero-order valence-corrected chi connectivity index (χ0v) is 18.9. The van der Waals surface area contributed by atoms with Crippen molar-refractivity contribution < 1.29 is 23.4 Å². The minimum atomic E-state index is -4.47. The van der Waals surface area contributed by atoms with Crippen LogP contribution in [0.4, 0.5) is 24.9 Å². The first-order valence-corrected chi connectivity index (χ1v) is 11.3. The van der Waals surface area contributed by atoms with Gasteiger partial charge >= 0.3 is 6.18 Å². The van der Waals surface area contributed by atoms with Gasteiger partial charge in [-0.25, -0.2) is 4.68 Å². The van der Waals surface area contributed by atoms with E-state index in [-0.39, 0.29) is 17.8 Å². The van der Waals surface area contributed by atoms with Crippen molar-refractivity contribution in [2.24, 2.45) is 5.92 Å². The molecule has 3 N–H and O–H groups in total. The SMILES string of the molecule is CC(C)(O)CC1CN(c2nc(N[C@H]3C[C@@H](O)C3)nc3c2cnn3-c2cccc(C(F)(F)F)c2)C1. The molecule has 0 spiro atoms. The number of aliphatic hydroxyl groups excluding tert-OH is 1. The average Bonchev–Trinajstić information content (AvgIpc) is 3.11. The predicted molar refractivity (Wildman–Crippen MR) is 121 cm³/mol. The molecule has 0 amide bonds. The summed E-state index contributed by atoms with van der Waals surface area (Å²) in [7, 11) is 0. The summed E-state index contributed by atoms with van der Waals surface area (Å²) in [5.41, 5.74) is -0.869. The van der Waals surface area contributed by atoms with Gasteiger partial charge in [-0.2, -0.15) is 28.2 Å². The number of nitrogens with one attached hydrogen (secondary N) is 1. The highest BCUT2D eigenvalue weighted by Gasteiger charge is 2.35. The number of alkyl halides is 3. The molecule has 3 heterocycles. The minimum absolute atomic E-state index is 0.0320. The topological polar surface area (TPSA) is 99.3 Å². The summed E-state index contributed by atoms with van der Waals surface area (Å²) in [5.74, 6) is 1.30. The molecule has 11 heteroatoms. The van der Waals surface area contributed by atoms with Crippen molar-refractivity contribution >= 4 is 22.8 Å². The molecule has 3 aromatic rings. The summed E-state index contributed by atoms with van der Waals surface area (Å²) >= 11 is 0. The normalized spacial score (nSPS) is 21.4. The van der Waals surface area contributed by atoms with Gasteiger partial charge < -0.3 is 20.4 Å². The maximum atomic E-state index is 13.3. The van der Waals surface area contributed by atoms with E-state index < -0.39 is 17.3 Å². The molecule has 2 fully saturated rings. The van der Waals surface area contributed by atoms with Gasteiger partial charge in [0.1, 0.15) is 5.82 Å². The van der Waals surface area contributed by atoms with Crippen molar-refractivity contribution in [2.45, 2.75) is 57.0 Å². The van der Waals surface area contributed by atoms with Gasteiger partial charge in [0.05, 0.1) is 34.5 Å². The van der Waals surface area contributed by atoms with Crippen LogP contribution in [0.1, 0.15) is 38.7 Å². The zero-order chi connectivity index (χ0) is 24.3. The highest BCUT2D eigenvalue weighted by Crippen LogP contribution is 2.36. The molecule has 1 saturated carbocycles. The van der Waals surface area contributed by atoms with Crippen molar-refractivity contribution in [3.8, 4) is 5.69 Å². The molecule has 34 heavy (non-hydrogen) atoms. The van der Waals surface area contributed by atoms with E-state index in [9.17, 15) is 23.4 Å². The van der Waals surface area contributed by atoms with Gasteiger partial charge in [-0.1, -0.05) is 6.07 Å². The molecule has 1 aliphatic heterocycles. The lowest BCUT2D eigenvalue weighted by molar-refractivity contribution is -0.137. The fourth-order valence-corrected chi connectivity index (χ4v) is 4.67. The third kappa shape index (κ3) is 4.54. The summed E-state index contributed by atoms with van der Waals surface area (Å²) in [6.07, 6.45) is -1.42. The monoisotopic (exact) mass is 476 g/mol. The summed E-state index contributed by atoms with van der Waals surface area (Å²) < 4.78 is 41.2. The van der Waals surface area contributed by atoms with E-state index in [2.05, 4.69) is 20.3 Å². The van der Waals surface area contributed by atoms with E-state index in [0.717, 1.165) is 12.1 Å². The summed E-state index contributed by atoms with van der Waals surface area (Å²) in [6.45, 7) is 4.97. The molecule has 182 valence electrons. The van der Waals surface area contributed by atoms with Gasteiger partial charge in [-0.05, 0) is 57.2 Å². The van der Waals surface area contributed by atoms with E-state index in [0.29, 0.717) is 61.1 Å². The highest BCUT2D eigenvalue weighted by atomic mass is 19.4. The Morgan fingerprint density at radius 1 is 1.15 bits per heavy atom. The Morgan fingerprint density at radius 2 is 1.88 bits per heavy atom. The molecule has 1 aliphatic carbocycles. The molecule has 8 nitrogen and oxygen atoms in total. The Balaban J connectivity index is 1.51. The molecule has 1 aromatic carbocycles. The predicted octanol–water partition coefficient (Wildman–Crippen LogP) is 3.37. The van der Waals surface area contributed by atoms with E-state index in [1.54, 1.807) is 26.1 Å². The largest absolute Gasteiger partial charge is 0.416 e. The van der Waals surface area contributed by atoms with Crippen LogP contribution in [0.3, 0.4) is 0 Å². The smallest absolute Gasteiger partial charge is 0.393 e. The Morgan fingerprint density at radius 3 is 2.53 bits per heavy atom. The van der Waals surface area contributed by atoms with E-state index in [1.807, 2.05) is 0 Å². The Bertz CT molecular complexity index is 1190.